The van der Waals surface area contributed by atoms with E-state index in [0.717, 1.165) is 43.9 Å². The van der Waals surface area contributed by atoms with Gasteiger partial charge in [0, 0.05) is 30.0 Å². The highest BCUT2D eigenvalue weighted by molar-refractivity contribution is 6.04. The topological polar surface area (TPSA) is 89.3 Å². The second-order valence-electron chi connectivity index (χ2n) is 11.8. The van der Waals surface area contributed by atoms with E-state index in [9.17, 15) is 19.2 Å². The van der Waals surface area contributed by atoms with Crippen molar-refractivity contribution in [1.29, 1.82) is 5.26 Å². The van der Waals surface area contributed by atoms with E-state index in [-0.39, 0.29) is 29.2 Å². The van der Waals surface area contributed by atoms with Gasteiger partial charge in [-0.1, -0.05) is 59.1 Å². The molecule has 2 fully saturated rings. The summed E-state index contributed by atoms with van der Waals surface area (Å²) in [6.07, 6.45) is 10.1. The standard InChI is InChI=1S/C30H38FN5O2/c1-20-14-26(35(18-20)19-32)29(38)36(25-12-10-22(11-13-25)30(2,3)4)27(21-15-23(31)17-33-16-21)28(37)34-24-8-6-5-7-9-24/h10-13,15-17,20,24,26-27H,5-9,14,18H2,1-4H3,(H,34,37)/t20-,26-,27-/m1/s1. The zero-order chi connectivity index (χ0) is 27.4. The van der Waals surface area contributed by atoms with Gasteiger partial charge in [0.2, 0.25) is 5.91 Å². The molecule has 2 aliphatic rings. The van der Waals surface area contributed by atoms with Crippen LogP contribution in [0.3, 0.4) is 0 Å². The number of nitriles is 1. The van der Waals surface area contributed by atoms with Gasteiger partial charge in [0.05, 0.1) is 6.20 Å². The summed E-state index contributed by atoms with van der Waals surface area (Å²) in [7, 11) is 0. The Labute approximate surface area is 225 Å². The molecule has 0 radical (unpaired) electrons. The minimum absolute atomic E-state index is 0.00240. The molecule has 1 saturated carbocycles. The minimum Gasteiger partial charge on any atom is -0.351 e. The van der Waals surface area contributed by atoms with Crippen LogP contribution in [0, 0.1) is 23.2 Å². The molecular formula is C30H38FN5O2. The lowest BCUT2D eigenvalue weighted by molar-refractivity contribution is -0.128. The van der Waals surface area contributed by atoms with Crippen molar-refractivity contribution in [2.75, 3.05) is 11.4 Å². The van der Waals surface area contributed by atoms with Gasteiger partial charge in [0.25, 0.3) is 5.91 Å². The number of anilines is 1. The fourth-order valence-corrected chi connectivity index (χ4v) is 5.60. The first kappa shape index (κ1) is 27.6. The maximum absolute atomic E-state index is 14.4. The third-order valence-corrected chi connectivity index (χ3v) is 7.67. The molecule has 1 aliphatic heterocycles. The van der Waals surface area contributed by atoms with Crippen LogP contribution in [0.4, 0.5) is 10.1 Å². The summed E-state index contributed by atoms with van der Waals surface area (Å²) in [4.78, 5) is 35.2. The Bertz CT molecular complexity index is 1180. The van der Waals surface area contributed by atoms with E-state index in [4.69, 9.17) is 0 Å². The van der Waals surface area contributed by atoms with Gasteiger partial charge in [0.1, 0.15) is 17.9 Å². The number of carbonyl (C=O) groups is 2. The van der Waals surface area contributed by atoms with Crippen LogP contribution in [0.5, 0.6) is 0 Å². The molecule has 0 bridgehead atoms. The summed E-state index contributed by atoms with van der Waals surface area (Å²) in [6.45, 7) is 8.80. The molecule has 8 heteroatoms. The lowest BCUT2D eigenvalue weighted by Crippen LogP contribution is -2.51. The minimum atomic E-state index is -1.13. The first-order chi connectivity index (χ1) is 18.1. The number of likely N-dealkylation sites (tertiary alicyclic amines) is 1. The van der Waals surface area contributed by atoms with Crippen molar-refractivity contribution in [3.8, 4) is 6.19 Å². The zero-order valence-electron chi connectivity index (χ0n) is 22.8. The fourth-order valence-electron chi connectivity index (χ4n) is 5.60. The van der Waals surface area contributed by atoms with Gasteiger partial charge in [-0.05, 0) is 54.4 Å². The van der Waals surface area contributed by atoms with Gasteiger partial charge >= 0.3 is 0 Å². The Morgan fingerprint density at radius 3 is 2.45 bits per heavy atom. The summed E-state index contributed by atoms with van der Waals surface area (Å²) in [5.74, 6) is -1.15. The molecule has 1 saturated heterocycles. The average Bonchev–Trinajstić information content (AvgIpc) is 3.27. The maximum Gasteiger partial charge on any atom is 0.251 e. The smallest absolute Gasteiger partial charge is 0.251 e. The Morgan fingerprint density at radius 1 is 1.16 bits per heavy atom. The number of nitrogens with zero attached hydrogens (tertiary/aromatic N) is 4. The molecule has 4 rings (SSSR count). The molecular weight excluding hydrogens is 481 g/mol. The summed E-state index contributed by atoms with van der Waals surface area (Å²) in [5.41, 5.74) is 1.79. The number of aromatic nitrogens is 1. The van der Waals surface area contributed by atoms with Crippen molar-refractivity contribution in [3.05, 3.63) is 59.7 Å². The number of hydrogen-bond donors (Lipinski definition) is 1. The third kappa shape index (κ3) is 6.15. The quantitative estimate of drug-likeness (QED) is 0.528. The van der Waals surface area contributed by atoms with Gasteiger partial charge in [-0.2, -0.15) is 5.26 Å². The number of amides is 2. The predicted octanol–water partition coefficient (Wildman–Crippen LogP) is 5.23. The maximum atomic E-state index is 14.4. The lowest BCUT2D eigenvalue weighted by atomic mass is 9.87. The van der Waals surface area contributed by atoms with Gasteiger partial charge in [-0.15, -0.1) is 0 Å². The Balaban J connectivity index is 1.81. The molecule has 202 valence electrons. The van der Waals surface area contributed by atoms with Gasteiger partial charge in [-0.3, -0.25) is 24.4 Å². The van der Waals surface area contributed by atoms with E-state index >= 15 is 0 Å². The highest BCUT2D eigenvalue weighted by atomic mass is 19.1. The Morgan fingerprint density at radius 2 is 1.84 bits per heavy atom. The zero-order valence-corrected chi connectivity index (χ0v) is 22.8. The van der Waals surface area contributed by atoms with Gasteiger partial charge < -0.3 is 5.32 Å². The first-order valence-electron chi connectivity index (χ1n) is 13.6. The number of pyridine rings is 1. The number of benzene rings is 1. The summed E-state index contributed by atoms with van der Waals surface area (Å²) >= 11 is 0. The molecule has 2 heterocycles. The van der Waals surface area contributed by atoms with Crippen molar-refractivity contribution in [3.63, 3.8) is 0 Å². The second-order valence-corrected chi connectivity index (χ2v) is 11.8. The molecule has 38 heavy (non-hydrogen) atoms. The molecule has 1 aromatic carbocycles. The van der Waals surface area contributed by atoms with Crippen molar-refractivity contribution in [2.45, 2.75) is 89.8 Å². The fraction of sp³-hybridized carbons (Fsp3) is 0.533. The van der Waals surface area contributed by atoms with Crippen LogP contribution < -0.4 is 10.2 Å². The van der Waals surface area contributed by atoms with Crippen LogP contribution in [0.2, 0.25) is 0 Å². The molecule has 2 amide bonds. The van der Waals surface area contributed by atoms with Crippen molar-refractivity contribution in [2.24, 2.45) is 5.92 Å². The van der Waals surface area contributed by atoms with E-state index in [1.165, 1.54) is 22.1 Å². The SMILES string of the molecule is C[C@@H]1C[C@H](C(=O)N(c2ccc(C(C)(C)C)cc2)[C@@H](C(=O)NC2CCCCC2)c2cncc(F)c2)N(C#N)C1. The monoisotopic (exact) mass is 519 g/mol. The molecule has 3 atom stereocenters. The summed E-state index contributed by atoms with van der Waals surface area (Å²) < 4.78 is 14.4. The Kier molecular flexibility index (Phi) is 8.35. The largest absolute Gasteiger partial charge is 0.351 e. The van der Waals surface area contributed by atoms with E-state index < -0.39 is 17.9 Å². The average molecular weight is 520 g/mol. The first-order valence-corrected chi connectivity index (χ1v) is 13.6. The second kappa shape index (κ2) is 11.5. The normalized spacial score (nSPS) is 21.0. The molecule has 1 N–H and O–H groups in total. The van der Waals surface area contributed by atoms with Crippen LogP contribution >= 0.6 is 0 Å². The van der Waals surface area contributed by atoms with E-state index in [0.29, 0.717) is 24.2 Å². The van der Waals surface area contributed by atoms with Gasteiger partial charge in [0.15, 0.2) is 6.19 Å². The summed E-state index contributed by atoms with van der Waals surface area (Å²) in [5, 5.41) is 12.9. The van der Waals surface area contributed by atoms with Crippen LogP contribution in [0.15, 0.2) is 42.7 Å². The number of rotatable bonds is 6. The molecule has 0 unspecified atom stereocenters. The molecule has 0 spiro atoms. The number of halogens is 1. The van der Waals surface area contributed by atoms with E-state index in [1.54, 1.807) is 0 Å². The van der Waals surface area contributed by atoms with Crippen molar-refractivity contribution in [1.82, 2.24) is 15.2 Å². The molecule has 1 aliphatic carbocycles. The van der Waals surface area contributed by atoms with Crippen LogP contribution in [0.1, 0.15) is 83.4 Å². The number of hydrogen-bond acceptors (Lipinski definition) is 5. The molecule has 7 nitrogen and oxygen atoms in total. The predicted molar refractivity (Wildman–Crippen MR) is 144 cm³/mol. The molecule has 1 aromatic heterocycles. The van der Waals surface area contributed by atoms with Crippen LogP contribution in [-0.2, 0) is 15.0 Å². The van der Waals surface area contributed by atoms with Crippen LogP contribution in [-0.4, -0.2) is 40.3 Å². The third-order valence-electron chi connectivity index (χ3n) is 7.67. The number of nitrogens with one attached hydrogen (secondary N) is 1. The molecule has 2 aromatic rings. The van der Waals surface area contributed by atoms with Crippen LogP contribution in [0.25, 0.3) is 0 Å². The lowest BCUT2D eigenvalue weighted by Gasteiger charge is -2.35. The highest BCUT2D eigenvalue weighted by Crippen LogP contribution is 2.34. The Hall–Kier alpha value is -3.47. The number of carbonyl (C=O) groups excluding carboxylic acids is 2. The van der Waals surface area contributed by atoms with Gasteiger partial charge in [-0.25, -0.2) is 4.39 Å². The van der Waals surface area contributed by atoms with Crippen molar-refractivity contribution < 1.29 is 14.0 Å². The summed E-state index contributed by atoms with van der Waals surface area (Å²) in [6, 6.07) is 7.00. The van der Waals surface area contributed by atoms with E-state index in [1.807, 2.05) is 31.2 Å². The van der Waals surface area contributed by atoms with E-state index in [2.05, 4.69) is 37.3 Å². The highest BCUT2D eigenvalue weighted by Gasteiger charge is 2.42. The van der Waals surface area contributed by atoms with Crippen molar-refractivity contribution >= 4 is 17.5 Å².